The van der Waals surface area contributed by atoms with Gasteiger partial charge in [0.25, 0.3) is 5.91 Å². The summed E-state index contributed by atoms with van der Waals surface area (Å²) in [4.78, 5) is 28.4. The molecule has 0 aliphatic carbocycles. The smallest absolute Gasteiger partial charge is 0.273 e. The molecule has 110 valence electrons. The van der Waals surface area contributed by atoms with Gasteiger partial charge in [0.05, 0.1) is 12.8 Å². The second kappa shape index (κ2) is 5.81. The number of benzene rings is 2. The largest absolute Gasteiger partial charge is 0.497 e. The summed E-state index contributed by atoms with van der Waals surface area (Å²) >= 11 is 0. The minimum absolute atomic E-state index is 0.210. The first-order valence-corrected chi connectivity index (χ1v) is 6.82. The number of ether oxygens (including phenoxy) is 1. The van der Waals surface area contributed by atoms with E-state index in [2.05, 4.69) is 10.3 Å². The van der Waals surface area contributed by atoms with Gasteiger partial charge in [0, 0.05) is 0 Å². The number of amides is 2. The SMILES string of the molecule is COc1ccc(N=C2C(=O)NC(=O)C2c2ccccc2)cc1. The fourth-order valence-electron chi connectivity index (χ4n) is 2.37. The van der Waals surface area contributed by atoms with Crippen molar-refractivity contribution in [1.82, 2.24) is 5.32 Å². The molecule has 0 radical (unpaired) electrons. The maximum Gasteiger partial charge on any atom is 0.273 e. The zero-order chi connectivity index (χ0) is 15.5. The molecule has 5 nitrogen and oxygen atoms in total. The molecular weight excluding hydrogens is 280 g/mol. The molecular formula is C17H14N2O3. The predicted octanol–water partition coefficient (Wildman–Crippen LogP) is 2.21. The van der Waals surface area contributed by atoms with Crippen LogP contribution in [0.4, 0.5) is 5.69 Å². The Hall–Kier alpha value is -2.95. The number of carbonyl (C=O) groups excluding carboxylic acids is 2. The van der Waals surface area contributed by atoms with E-state index in [9.17, 15) is 9.59 Å². The maximum atomic E-state index is 12.1. The molecule has 0 bridgehead atoms. The van der Waals surface area contributed by atoms with Gasteiger partial charge in [0.1, 0.15) is 17.4 Å². The molecule has 3 rings (SSSR count). The van der Waals surface area contributed by atoms with Crippen molar-refractivity contribution in [2.75, 3.05) is 7.11 Å². The lowest BCUT2D eigenvalue weighted by atomic mass is 9.96. The average Bonchev–Trinajstić information content (AvgIpc) is 2.83. The molecule has 1 atom stereocenters. The number of nitrogens with zero attached hydrogens (tertiary/aromatic N) is 1. The Morgan fingerprint density at radius 3 is 2.32 bits per heavy atom. The highest BCUT2D eigenvalue weighted by Crippen LogP contribution is 2.26. The quantitative estimate of drug-likeness (QED) is 0.882. The highest BCUT2D eigenvalue weighted by Gasteiger charge is 2.39. The van der Waals surface area contributed by atoms with E-state index in [0.717, 1.165) is 5.56 Å². The lowest BCUT2D eigenvalue weighted by molar-refractivity contribution is -0.124. The van der Waals surface area contributed by atoms with Crippen LogP contribution in [-0.4, -0.2) is 24.6 Å². The predicted molar refractivity (Wildman–Crippen MR) is 82.4 cm³/mol. The highest BCUT2D eigenvalue weighted by atomic mass is 16.5. The van der Waals surface area contributed by atoms with E-state index in [1.165, 1.54) is 0 Å². The third kappa shape index (κ3) is 2.61. The van der Waals surface area contributed by atoms with Gasteiger partial charge in [0.2, 0.25) is 5.91 Å². The first-order chi connectivity index (χ1) is 10.7. The molecule has 2 aromatic rings. The van der Waals surface area contributed by atoms with Crippen molar-refractivity contribution in [2.24, 2.45) is 4.99 Å². The Bertz CT molecular complexity index is 736. The number of hydrogen-bond acceptors (Lipinski definition) is 4. The molecule has 22 heavy (non-hydrogen) atoms. The summed E-state index contributed by atoms with van der Waals surface area (Å²) in [5.74, 6) is -0.760. The van der Waals surface area contributed by atoms with Crippen LogP contribution in [-0.2, 0) is 9.59 Å². The van der Waals surface area contributed by atoms with E-state index < -0.39 is 11.8 Å². The van der Waals surface area contributed by atoms with Gasteiger partial charge in [0.15, 0.2) is 0 Å². The Labute approximate surface area is 127 Å². The molecule has 0 spiro atoms. The van der Waals surface area contributed by atoms with Crippen molar-refractivity contribution in [1.29, 1.82) is 0 Å². The van der Waals surface area contributed by atoms with E-state index in [1.807, 2.05) is 30.3 Å². The Balaban J connectivity index is 2.00. The van der Waals surface area contributed by atoms with Crippen molar-refractivity contribution >= 4 is 23.2 Å². The fourth-order valence-corrected chi connectivity index (χ4v) is 2.37. The van der Waals surface area contributed by atoms with E-state index in [1.54, 1.807) is 31.4 Å². The molecule has 0 saturated carbocycles. The summed E-state index contributed by atoms with van der Waals surface area (Å²) in [7, 11) is 1.58. The van der Waals surface area contributed by atoms with Crippen molar-refractivity contribution < 1.29 is 14.3 Å². The van der Waals surface area contributed by atoms with E-state index in [4.69, 9.17) is 4.74 Å². The number of carbonyl (C=O) groups is 2. The van der Waals surface area contributed by atoms with Crippen LogP contribution in [0.15, 0.2) is 59.6 Å². The van der Waals surface area contributed by atoms with Gasteiger partial charge in [-0.15, -0.1) is 0 Å². The maximum absolute atomic E-state index is 12.1. The van der Waals surface area contributed by atoms with Crippen LogP contribution in [0, 0.1) is 0 Å². The third-order valence-corrected chi connectivity index (χ3v) is 3.46. The minimum Gasteiger partial charge on any atom is -0.497 e. The molecule has 1 fully saturated rings. The normalized spacial score (nSPS) is 19.3. The molecule has 1 unspecified atom stereocenters. The zero-order valence-corrected chi connectivity index (χ0v) is 11.9. The van der Waals surface area contributed by atoms with E-state index in [0.29, 0.717) is 11.4 Å². The van der Waals surface area contributed by atoms with Crippen molar-refractivity contribution in [3.8, 4) is 5.75 Å². The summed E-state index contributed by atoms with van der Waals surface area (Å²) in [6, 6.07) is 16.1. The van der Waals surface area contributed by atoms with Crippen LogP contribution in [0.25, 0.3) is 0 Å². The van der Waals surface area contributed by atoms with Crippen LogP contribution in [0.2, 0.25) is 0 Å². The van der Waals surface area contributed by atoms with Gasteiger partial charge >= 0.3 is 0 Å². The number of aliphatic imine (C=N–C) groups is 1. The zero-order valence-electron chi connectivity index (χ0n) is 11.9. The molecule has 1 aliphatic heterocycles. The molecule has 2 amide bonds. The van der Waals surface area contributed by atoms with E-state index >= 15 is 0 Å². The number of rotatable bonds is 3. The number of imide groups is 1. The Kier molecular flexibility index (Phi) is 3.70. The second-order valence-electron chi connectivity index (χ2n) is 4.86. The topological polar surface area (TPSA) is 67.8 Å². The standard InChI is InChI=1S/C17H14N2O3/c1-22-13-9-7-12(8-10-13)18-15-14(16(20)19-17(15)21)11-5-3-2-4-6-11/h2-10,14H,1H3,(H,19,20,21). The molecule has 1 heterocycles. The van der Waals surface area contributed by atoms with Gasteiger partial charge in [-0.1, -0.05) is 30.3 Å². The Morgan fingerprint density at radius 2 is 1.68 bits per heavy atom. The monoisotopic (exact) mass is 294 g/mol. The number of nitrogens with one attached hydrogen (secondary N) is 1. The fraction of sp³-hybridized carbons (Fsp3) is 0.118. The van der Waals surface area contributed by atoms with Crippen LogP contribution >= 0.6 is 0 Å². The average molecular weight is 294 g/mol. The minimum atomic E-state index is -0.671. The van der Waals surface area contributed by atoms with E-state index in [-0.39, 0.29) is 11.6 Å². The van der Waals surface area contributed by atoms with Gasteiger partial charge < -0.3 is 4.74 Å². The molecule has 1 N–H and O–H groups in total. The summed E-state index contributed by atoms with van der Waals surface area (Å²) in [6.07, 6.45) is 0. The molecule has 1 aliphatic rings. The second-order valence-corrected chi connectivity index (χ2v) is 4.86. The number of methoxy groups -OCH3 is 1. The third-order valence-electron chi connectivity index (χ3n) is 3.46. The van der Waals surface area contributed by atoms with Gasteiger partial charge in [-0.3, -0.25) is 14.9 Å². The Morgan fingerprint density at radius 1 is 1.00 bits per heavy atom. The van der Waals surface area contributed by atoms with Crippen molar-refractivity contribution in [3.63, 3.8) is 0 Å². The van der Waals surface area contributed by atoms with Gasteiger partial charge in [-0.05, 0) is 29.8 Å². The van der Waals surface area contributed by atoms with Crippen molar-refractivity contribution in [3.05, 3.63) is 60.2 Å². The van der Waals surface area contributed by atoms with Crippen LogP contribution in [0.1, 0.15) is 11.5 Å². The molecule has 0 aromatic heterocycles. The molecule has 5 heteroatoms. The highest BCUT2D eigenvalue weighted by molar-refractivity contribution is 6.52. The lowest BCUT2D eigenvalue weighted by Gasteiger charge is -2.07. The van der Waals surface area contributed by atoms with Crippen molar-refractivity contribution in [2.45, 2.75) is 5.92 Å². The van der Waals surface area contributed by atoms with Gasteiger partial charge in [-0.2, -0.15) is 0 Å². The number of hydrogen-bond donors (Lipinski definition) is 1. The molecule has 1 saturated heterocycles. The molecule has 2 aromatic carbocycles. The first-order valence-electron chi connectivity index (χ1n) is 6.82. The first kappa shape index (κ1) is 14.0. The lowest BCUT2D eigenvalue weighted by Crippen LogP contribution is -2.22. The summed E-state index contributed by atoms with van der Waals surface area (Å²) in [5, 5.41) is 2.32. The van der Waals surface area contributed by atoms with Crippen LogP contribution < -0.4 is 10.1 Å². The summed E-state index contributed by atoms with van der Waals surface area (Å²) < 4.78 is 5.09. The summed E-state index contributed by atoms with van der Waals surface area (Å²) in [5.41, 5.74) is 1.56. The van der Waals surface area contributed by atoms with Crippen LogP contribution in [0.3, 0.4) is 0 Å². The van der Waals surface area contributed by atoms with Gasteiger partial charge in [-0.25, -0.2) is 4.99 Å². The van der Waals surface area contributed by atoms with Crippen LogP contribution in [0.5, 0.6) is 5.75 Å². The summed E-state index contributed by atoms with van der Waals surface area (Å²) in [6.45, 7) is 0.